The third-order valence-corrected chi connectivity index (χ3v) is 4.03. The summed E-state index contributed by atoms with van der Waals surface area (Å²) in [6.07, 6.45) is 0.449. The van der Waals surface area contributed by atoms with Gasteiger partial charge in [-0.2, -0.15) is 0 Å². The fraction of sp³-hybridized carbons (Fsp3) is 0.353. The Hall–Kier alpha value is -3.15. The molecule has 1 aromatic carbocycles. The minimum absolute atomic E-state index is 0.0922. The molecule has 0 bridgehead atoms. The zero-order chi connectivity index (χ0) is 21.9. The molecule has 1 heterocycles. The van der Waals surface area contributed by atoms with Crippen LogP contribution in [0.2, 0.25) is 0 Å². The summed E-state index contributed by atoms with van der Waals surface area (Å²) >= 11 is 0. The molecule has 0 aliphatic heterocycles. The summed E-state index contributed by atoms with van der Waals surface area (Å²) in [7, 11) is 1.27. The second kappa shape index (κ2) is 8.90. The molecule has 8 nitrogen and oxygen atoms in total. The van der Waals surface area contributed by atoms with Crippen molar-refractivity contribution in [2.75, 3.05) is 30.9 Å². The maximum Gasteiger partial charge on any atom is 0.330 e. The number of nitrogens with two attached hydrogens (primary N) is 1. The number of rotatable bonds is 7. The number of anilines is 2. The van der Waals surface area contributed by atoms with Crippen molar-refractivity contribution >= 4 is 17.4 Å². The molecule has 1 aromatic heterocycles. The van der Waals surface area contributed by atoms with Gasteiger partial charge in [0, 0.05) is 20.2 Å². The minimum Gasteiger partial charge on any atom is -0.383 e. The number of nitrogen functional groups attached to an aromatic ring is 1. The molecule has 0 fully saturated rings. The van der Waals surface area contributed by atoms with Crippen molar-refractivity contribution < 1.29 is 27.1 Å². The van der Waals surface area contributed by atoms with Crippen LogP contribution >= 0.6 is 0 Å². The van der Waals surface area contributed by atoms with Crippen LogP contribution in [0.3, 0.4) is 0 Å². The van der Waals surface area contributed by atoms with E-state index in [-0.39, 0.29) is 25.8 Å². The molecule has 2 aromatic rings. The van der Waals surface area contributed by atoms with E-state index in [9.17, 15) is 31.9 Å². The number of amides is 1. The van der Waals surface area contributed by atoms with Crippen molar-refractivity contribution in [3.63, 3.8) is 0 Å². The highest BCUT2D eigenvalue weighted by molar-refractivity contribution is 6.07. The van der Waals surface area contributed by atoms with Gasteiger partial charge >= 0.3 is 5.69 Å². The van der Waals surface area contributed by atoms with Crippen LogP contribution in [0.5, 0.6) is 0 Å². The van der Waals surface area contributed by atoms with E-state index in [1.165, 1.54) is 7.11 Å². The summed E-state index contributed by atoms with van der Waals surface area (Å²) in [6.45, 7) is 1.26. The van der Waals surface area contributed by atoms with Crippen molar-refractivity contribution in [2.24, 2.45) is 0 Å². The van der Waals surface area contributed by atoms with E-state index in [4.69, 9.17) is 10.5 Å². The molecule has 2 rings (SSSR count). The lowest BCUT2D eigenvalue weighted by Gasteiger charge is -2.24. The first-order valence-corrected chi connectivity index (χ1v) is 8.42. The average molecular weight is 418 g/mol. The van der Waals surface area contributed by atoms with Gasteiger partial charge in [0.25, 0.3) is 11.5 Å². The highest BCUT2D eigenvalue weighted by atomic mass is 19.2. The van der Waals surface area contributed by atoms with Crippen LogP contribution in [0, 0.1) is 23.3 Å². The summed E-state index contributed by atoms with van der Waals surface area (Å²) < 4.78 is 60.3. The molecule has 0 atom stereocenters. The second-order valence-corrected chi connectivity index (χ2v) is 5.94. The Morgan fingerprint density at radius 2 is 1.86 bits per heavy atom. The molecule has 29 heavy (non-hydrogen) atoms. The first kappa shape index (κ1) is 22.1. The van der Waals surface area contributed by atoms with Gasteiger partial charge in [-0.3, -0.25) is 24.0 Å². The first-order chi connectivity index (χ1) is 13.6. The number of ether oxygens (including phenoxy) is 1. The second-order valence-electron chi connectivity index (χ2n) is 5.94. The smallest absolute Gasteiger partial charge is 0.330 e. The predicted octanol–water partition coefficient (Wildman–Crippen LogP) is 1.38. The molecule has 12 heteroatoms. The lowest BCUT2D eigenvalue weighted by atomic mass is 10.1. The van der Waals surface area contributed by atoms with E-state index in [1.54, 1.807) is 6.92 Å². The summed E-state index contributed by atoms with van der Waals surface area (Å²) in [6, 6.07) is 0.169. The Kier molecular flexibility index (Phi) is 6.80. The van der Waals surface area contributed by atoms with Crippen LogP contribution in [-0.4, -0.2) is 35.7 Å². The van der Waals surface area contributed by atoms with Crippen LogP contribution in [0.4, 0.5) is 29.1 Å². The number of carbonyl (C=O) groups excluding carboxylic acids is 1. The summed E-state index contributed by atoms with van der Waals surface area (Å²) in [4.78, 5) is 39.7. The normalized spacial score (nSPS) is 11.0. The maximum absolute atomic E-state index is 14.1. The molecule has 0 saturated carbocycles. The van der Waals surface area contributed by atoms with Crippen LogP contribution in [0.1, 0.15) is 23.7 Å². The van der Waals surface area contributed by atoms with E-state index in [1.807, 2.05) is 4.98 Å². The number of halogens is 4. The molecule has 0 unspecified atom stereocenters. The number of aromatic nitrogens is 2. The summed E-state index contributed by atoms with van der Waals surface area (Å²) in [5, 5.41) is 0. The van der Waals surface area contributed by atoms with Gasteiger partial charge in [-0.25, -0.2) is 22.4 Å². The quantitative estimate of drug-likeness (QED) is 0.401. The van der Waals surface area contributed by atoms with Gasteiger partial charge in [0.1, 0.15) is 5.82 Å². The number of benzene rings is 1. The van der Waals surface area contributed by atoms with E-state index >= 15 is 0 Å². The van der Waals surface area contributed by atoms with Crippen molar-refractivity contribution in [3.8, 4) is 0 Å². The van der Waals surface area contributed by atoms with Crippen LogP contribution in [0.15, 0.2) is 15.7 Å². The Morgan fingerprint density at radius 3 is 2.45 bits per heavy atom. The average Bonchev–Trinajstić information content (AvgIpc) is 2.68. The third kappa shape index (κ3) is 4.16. The van der Waals surface area contributed by atoms with Crippen LogP contribution < -0.4 is 21.9 Å². The number of hydrogen-bond acceptors (Lipinski definition) is 5. The number of H-pyrrole nitrogens is 1. The Balaban J connectivity index is 2.71. The minimum atomic E-state index is -2.18. The van der Waals surface area contributed by atoms with Crippen molar-refractivity contribution in [2.45, 2.75) is 19.9 Å². The van der Waals surface area contributed by atoms with Crippen LogP contribution in [0.25, 0.3) is 0 Å². The van der Waals surface area contributed by atoms with Gasteiger partial charge < -0.3 is 10.5 Å². The number of methoxy groups -OCH3 is 1. The van der Waals surface area contributed by atoms with Gasteiger partial charge in [-0.1, -0.05) is 6.92 Å². The van der Waals surface area contributed by atoms with Gasteiger partial charge in [-0.15, -0.1) is 0 Å². The molecule has 3 N–H and O–H groups in total. The molecular formula is C17H18F4N4O4. The fourth-order valence-electron chi connectivity index (χ4n) is 2.66. The Labute approximate surface area is 161 Å². The Morgan fingerprint density at radius 1 is 1.21 bits per heavy atom. The Bertz CT molecular complexity index is 1050. The zero-order valence-electron chi connectivity index (χ0n) is 15.5. The van der Waals surface area contributed by atoms with Gasteiger partial charge in [0.05, 0.1) is 12.2 Å². The SMILES string of the molecule is CCCn1c(N)c(N(CCOC)C(=O)c2cc(F)c(F)c(F)c2F)c(=O)[nH]c1=O. The largest absolute Gasteiger partial charge is 0.383 e. The number of hydrogen-bond donors (Lipinski definition) is 2. The maximum atomic E-state index is 14.1. The molecule has 0 aliphatic carbocycles. The van der Waals surface area contributed by atoms with E-state index in [0.29, 0.717) is 11.3 Å². The number of nitrogens with one attached hydrogen (secondary N) is 1. The first-order valence-electron chi connectivity index (χ1n) is 8.42. The van der Waals surface area contributed by atoms with E-state index in [0.717, 1.165) is 4.57 Å². The third-order valence-electron chi connectivity index (χ3n) is 4.03. The lowest BCUT2D eigenvalue weighted by Crippen LogP contribution is -2.43. The van der Waals surface area contributed by atoms with E-state index < -0.39 is 57.5 Å². The van der Waals surface area contributed by atoms with Crippen molar-refractivity contribution in [1.82, 2.24) is 9.55 Å². The molecule has 0 radical (unpaired) electrons. The van der Waals surface area contributed by atoms with Gasteiger partial charge in [0.2, 0.25) is 0 Å². The number of nitrogens with zero attached hydrogens (tertiary/aromatic N) is 2. The monoisotopic (exact) mass is 418 g/mol. The standard InChI is InChI=1S/C17H18F4N4O4/c1-3-4-25-14(22)13(15(26)23-17(25)28)24(5-6-29-2)16(27)8-7-9(18)11(20)12(21)10(8)19/h7H,3-6,22H2,1-2H3,(H,23,26,28). The van der Waals surface area contributed by atoms with Crippen molar-refractivity contribution in [1.29, 1.82) is 0 Å². The molecule has 0 spiro atoms. The highest BCUT2D eigenvalue weighted by Crippen LogP contribution is 2.24. The number of aromatic amines is 1. The zero-order valence-corrected chi connectivity index (χ0v) is 15.5. The summed E-state index contributed by atoms with van der Waals surface area (Å²) in [5.41, 5.74) is 2.28. The molecular weight excluding hydrogens is 400 g/mol. The molecule has 158 valence electrons. The highest BCUT2D eigenvalue weighted by Gasteiger charge is 2.30. The van der Waals surface area contributed by atoms with Gasteiger partial charge in [-0.05, 0) is 12.5 Å². The predicted molar refractivity (Wildman–Crippen MR) is 95.9 cm³/mol. The fourth-order valence-corrected chi connectivity index (χ4v) is 2.66. The summed E-state index contributed by atoms with van der Waals surface area (Å²) in [5.74, 6) is -9.79. The van der Waals surface area contributed by atoms with E-state index in [2.05, 4.69) is 0 Å². The topological polar surface area (TPSA) is 110 Å². The number of carbonyl (C=O) groups is 1. The lowest BCUT2D eigenvalue weighted by molar-refractivity contribution is 0.0969. The van der Waals surface area contributed by atoms with Crippen molar-refractivity contribution in [3.05, 3.63) is 55.7 Å². The molecule has 0 saturated heterocycles. The van der Waals surface area contributed by atoms with Crippen LogP contribution in [-0.2, 0) is 11.3 Å². The molecule has 1 amide bonds. The molecule has 0 aliphatic rings. The van der Waals surface area contributed by atoms with Gasteiger partial charge in [0.15, 0.2) is 29.0 Å².